The summed E-state index contributed by atoms with van der Waals surface area (Å²) in [4.78, 5) is 11.5. The molecule has 21 heavy (non-hydrogen) atoms. The Bertz CT molecular complexity index is 651. The van der Waals surface area contributed by atoms with Gasteiger partial charge < -0.3 is 0 Å². The van der Waals surface area contributed by atoms with Gasteiger partial charge in [-0.05, 0) is 42.0 Å². The fourth-order valence-corrected chi connectivity index (χ4v) is 2.80. The molecule has 0 saturated carbocycles. The zero-order chi connectivity index (χ0) is 15.8. The fraction of sp³-hybridized carbons (Fsp3) is 0.267. The Balaban J connectivity index is 2.28. The minimum absolute atomic E-state index is 0.284. The zero-order valence-corrected chi connectivity index (χ0v) is 12.7. The number of thiophene rings is 1. The van der Waals surface area contributed by atoms with Crippen LogP contribution in [0.5, 0.6) is 0 Å². The molecule has 2 rings (SSSR count). The van der Waals surface area contributed by atoms with Crippen molar-refractivity contribution >= 4 is 22.8 Å². The van der Waals surface area contributed by atoms with Crippen LogP contribution in [0.1, 0.15) is 9.67 Å². The number of carbonyl (C=O) groups excluding carboxylic acids is 1. The first-order valence-corrected chi connectivity index (χ1v) is 7.04. The maximum atomic E-state index is 12.4. The van der Waals surface area contributed by atoms with Crippen molar-refractivity contribution in [3.05, 3.63) is 41.3 Å². The van der Waals surface area contributed by atoms with Crippen LogP contribution in [-0.2, 0) is 0 Å². The number of quaternary nitrogens is 1. The molecule has 2 nitrogen and oxygen atoms in total. The highest BCUT2D eigenvalue weighted by molar-refractivity contribution is 7.17. The molecular weight excluding hydrogens is 299 g/mol. The van der Waals surface area contributed by atoms with E-state index in [1.165, 1.54) is 6.07 Å². The number of rotatable bonds is 3. The number of hydrogen-bond acceptors (Lipinski definition) is 2. The normalized spacial score (nSPS) is 12.5. The van der Waals surface area contributed by atoms with Gasteiger partial charge in [0, 0.05) is 4.88 Å². The molecular formula is C15H15F3NOS+. The van der Waals surface area contributed by atoms with Gasteiger partial charge in [0.05, 0.1) is 26.0 Å². The molecule has 0 aliphatic heterocycles. The topological polar surface area (TPSA) is 17.1 Å². The van der Waals surface area contributed by atoms with Gasteiger partial charge in [0.2, 0.25) is 0 Å². The lowest BCUT2D eigenvalue weighted by molar-refractivity contribution is -0.0882. The second-order valence-electron chi connectivity index (χ2n) is 5.55. The number of benzene rings is 1. The number of ketones is 1. The number of carbonyl (C=O) groups is 1. The van der Waals surface area contributed by atoms with Crippen molar-refractivity contribution in [1.29, 1.82) is 0 Å². The predicted octanol–water partition coefficient (Wildman–Crippen LogP) is 4.36. The summed E-state index contributed by atoms with van der Waals surface area (Å²) < 4.78 is 37.8. The molecule has 0 radical (unpaired) electrons. The molecule has 1 aromatic heterocycles. The van der Waals surface area contributed by atoms with Crippen molar-refractivity contribution in [2.75, 3.05) is 21.1 Å². The van der Waals surface area contributed by atoms with Crippen molar-refractivity contribution < 1.29 is 18.0 Å². The summed E-state index contributed by atoms with van der Waals surface area (Å²) in [5, 5.41) is 0. The smallest absolute Gasteiger partial charge is 0.298 e. The summed E-state index contributed by atoms with van der Waals surface area (Å²) in [6, 6.07) is 10.3. The van der Waals surface area contributed by atoms with E-state index in [0.717, 1.165) is 22.6 Å². The van der Waals surface area contributed by atoms with Crippen LogP contribution in [0.3, 0.4) is 0 Å². The van der Waals surface area contributed by atoms with Gasteiger partial charge in [-0.25, -0.2) is 0 Å². The lowest BCUT2D eigenvalue weighted by Crippen LogP contribution is -2.34. The summed E-state index contributed by atoms with van der Waals surface area (Å²) in [6.07, 6.45) is -4.82. The molecule has 0 saturated heterocycles. The largest absolute Gasteiger partial charge is 0.455 e. The third-order valence-electron chi connectivity index (χ3n) is 3.01. The van der Waals surface area contributed by atoms with E-state index < -0.39 is 12.0 Å². The first kappa shape index (κ1) is 15.7. The quantitative estimate of drug-likeness (QED) is 0.608. The van der Waals surface area contributed by atoms with Gasteiger partial charge in [-0.15, -0.1) is 11.3 Å². The van der Waals surface area contributed by atoms with E-state index in [1.807, 2.05) is 45.4 Å². The Labute approximate surface area is 125 Å². The highest BCUT2D eigenvalue weighted by Crippen LogP contribution is 2.33. The molecule has 0 N–H and O–H groups in total. The molecule has 1 heterocycles. The van der Waals surface area contributed by atoms with Crippen molar-refractivity contribution in [3.63, 3.8) is 0 Å². The van der Waals surface area contributed by atoms with Crippen molar-refractivity contribution in [2.45, 2.75) is 6.18 Å². The minimum Gasteiger partial charge on any atom is -0.298 e. The number of halogens is 3. The van der Waals surface area contributed by atoms with E-state index in [9.17, 15) is 18.0 Å². The Morgan fingerprint density at radius 1 is 1.00 bits per heavy atom. The zero-order valence-electron chi connectivity index (χ0n) is 11.9. The highest BCUT2D eigenvalue weighted by Gasteiger charge is 2.40. The van der Waals surface area contributed by atoms with Crippen molar-refractivity contribution in [3.8, 4) is 10.4 Å². The molecule has 1 aromatic carbocycles. The second-order valence-corrected chi connectivity index (χ2v) is 6.63. The van der Waals surface area contributed by atoms with Crippen molar-refractivity contribution in [1.82, 2.24) is 4.48 Å². The molecule has 0 amide bonds. The molecule has 0 aliphatic carbocycles. The van der Waals surface area contributed by atoms with Crippen LogP contribution in [0.25, 0.3) is 10.4 Å². The molecule has 0 aliphatic rings. The van der Waals surface area contributed by atoms with Crippen LogP contribution in [0, 0.1) is 0 Å². The van der Waals surface area contributed by atoms with E-state index in [2.05, 4.69) is 0 Å². The molecule has 0 spiro atoms. The van der Waals surface area contributed by atoms with E-state index in [1.54, 1.807) is 6.07 Å². The number of alkyl halides is 3. The molecule has 6 heteroatoms. The SMILES string of the molecule is C[N+](C)(C)c1ccc(-c2ccc(C(=O)C(F)(F)F)s2)cc1. The monoisotopic (exact) mass is 314 g/mol. The Morgan fingerprint density at radius 3 is 2.05 bits per heavy atom. The van der Waals surface area contributed by atoms with Gasteiger partial charge >= 0.3 is 6.18 Å². The fourth-order valence-electron chi connectivity index (χ4n) is 1.83. The summed E-state index contributed by atoms with van der Waals surface area (Å²) in [5.74, 6) is -1.79. The van der Waals surface area contributed by atoms with Gasteiger partial charge in [-0.2, -0.15) is 13.2 Å². The average molecular weight is 314 g/mol. The second kappa shape index (κ2) is 5.27. The van der Waals surface area contributed by atoms with Crippen LogP contribution in [0.4, 0.5) is 18.9 Å². The Kier molecular flexibility index (Phi) is 3.95. The van der Waals surface area contributed by atoms with E-state index in [0.29, 0.717) is 9.36 Å². The number of hydrogen-bond donors (Lipinski definition) is 0. The maximum Gasteiger partial charge on any atom is 0.455 e. The summed E-state index contributed by atoms with van der Waals surface area (Å²) in [5.41, 5.74) is 1.89. The summed E-state index contributed by atoms with van der Waals surface area (Å²) >= 11 is 0.860. The van der Waals surface area contributed by atoms with Gasteiger partial charge in [-0.1, -0.05) is 0 Å². The van der Waals surface area contributed by atoms with E-state index in [4.69, 9.17) is 0 Å². The first-order chi connectivity index (χ1) is 9.59. The number of Topliss-reactive ketones (excluding diaryl/α,β-unsaturated/α-hetero) is 1. The highest BCUT2D eigenvalue weighted by atomic mass is 32.1. The number of nitrogens with zero attached hydrogens (tertiary/aromatic N) is 1. The summed E-state index contributed by atoms with van der Waals surface area (Å²) in [7, 11) is 6.08. The predicted molar refractivity (Wildman–Crippen MR) is 79.7 cm³/mol. The van der Waals surface area contributed by atoms with Crippen LogP contribution < -0.4 is 4.48 Å². The molecule has 112 valence electrons. The molecule has 0 atom stereocenters. The molecule has 2 aromatic rings. The Morgan fingerprint density at radius 2 is 1.57 bits per heavy atom. The van der Waals surface area contributed by atoms with Crippen LogP contribution in [-0.4, -0.2) is 33.1 Å². The van der Waals surface area contributed by atoms with E-state index >= 15 is 0 Å². The molecule has 0 fully saturated rings. The third-order valence-corrected chi connectivity index (χ3v) is 4.15. The molecule has 0 unspecified atom stereocenters. The van der Waals surface area contributed by atoms with Gasteiger partial charge in [-0.3, -0.25) is 9.28 Å². The third kappa shape index (κ3) is 3.51. The van der Waals surface area contributed by atoms with Gasteiger partial charge in [0.1, 0.15) is 5.69 Å². The van der Waals surface area contributed by atoms with Gasteiger partial charge in [0.25, 0.3) is 5.78 Å². The van der Waals surface area contributed by atoms with Gasteiger partial charge in [0.15, 0.2) is 0 Å². The van der Waals surface area contributed by atoms with E-state index in [-0.39, 0.29) is 4.88 Å². The van der Waals surface area contributed by atoms with Crippen LogP contribution in [0.15, 0.2) is 36.4 Å². The standard InChI is InChI=1S/C15H15F3NOS/c1-19(2,3)11-6-4-10(5-7-11)12-8-9-13(21-12)14(20)15(16,17)18/h4-9H,1-3H3/q+1. The lowest BCUT2D eigenvalue weighted by Gasteiger charge is -2.23. The van der Waals surface area contributed by atoms with Crippen LogP contribution >= 0.6 is 11.3 Å². The van der Waals surface area contributed by atoms with Crippen LogP contribution in [0.2, 0.25) is 0 Å². The average Bonchev–Trinajstić information content (AvgIpc) is 2.85. The minimum atomic E-state index is -4.82. The molecule has 0 bridgehead atoms. The Hall–Kier alpha value is -1.66. The lowest BCUT2D eigenvalue weighted by atomic mass is 10.1. The maximum absolute atomic E-state index is 12.4. The summed E-state index contributed by atoms with van der Waals surface area (Å²) in [6.45, 7) is 0. The van der Waals surface area contributed by atoms with Crippen molar-refractivity contribution in [2.24, 2.45) is 0 Å². The first-order valence-electron chi connectivity index (χ1n) is 6.23.